The van der Waals surface area contributed by atoms with Crippen LogP contribution in [-0.2, 0) is 4.79 Å². The second kappa shape index (κ2) is 8.49. The molecule has 2 aliphatic heterocycles. The highest BCUT2D eigenvalue weighted by Gasteiger charge is 2.20. The van der Waals surface area contributed by atoms with E-state index in [1.54, 1.807) is 0 Å². The molecule has 0 unspecified atom stereocenters. The fourth-order valence-electron chi connectivity index (χ4n) is 3.68. The largest absolute Gasteiger partial charge is 0.393 e. The molecule has 3 N–H and O–H groups in total. The molecule has 3 rings (SSSR count). The van der Waals surface area contributed by atoms with Crippen molar-refractivity contribution in [1.82, 2.24) is 5.32 Å². The normalized spacial score (nSPS) is 20.1. The van der Waals surface area contributed by atoms with Crippen molar-refractivity contribution in [2.24, 2.45) is 5.92 Å². The average molecular weight is 331 g/mol. The maximum atomic E-state index is 12.4. The lowest BCUT2D eigenvalue weighted by molar-refractivity contribution is -0.116. The summed E-state index contributed by atoms with van der Waals surface area (Å²) >= 11 is 0. The van der Waals surface area contributed by atoms with E-state index >= 15 is 0 Å². The Morgan fingerprint density at radius 2 is 1.88 bits per heavy atom. The quantitative estimate of drug-likeness (QED) is 0.775. The monoisotopic (exact) mass is 331 g/mol. The van der Waals surface area contributed by atoms with Crippen LogP contribution in [0.25, 0.3) is 0 Å². The van der Waals surface area contributed by atoms with Gasteiger partial charge in [-0.2, -0.15) is 0 Å². The number of rotatable bonds is 5. The molecular formula is C19H29N3O2. The molecule has 0 aliphatic carbocycles. The van der Waals surface area contributed by atoms with Crippen molar-refractivity contribution in [1.29, 1.82) is 0 Å². The predicted molar refractivity (Wildman–Crippen MR) is 97.4 cm³/mol. The van der Waals surface area contributed by atoms with Gasteiger partial charge in [0.2, 0.25) is 5.91 Å². The number of para-hydroxylation sites is 2. The number of benzene rings is 1. The first-order valence-electron chi connectivity index (χ1n) is 9.25. The smallest absolute Gasteiger partial charge is 0.224 e. The molecule has 5 heteroatoms. The van der Waals surface area contributed by atoms with Gasteiger partial charge in [0.25, 0.3) is 0 Å². The van der Waals surface area contributed by atoms with Crippen molar-refractivity contribution >= 4 is 17.3 Å². The van der Waals surface area contributed by atoms with Crippen LogP contribution < -0.4 is 15.5 Å². The maximum Gasteiger partial charge on any atom is 0.224 e. The lowest BCUT2D eigenvalue weighted by Crippen LogP contribution is -2.36. The summed E-state index contributed by atoms with van der Waals surface area (Å²) in [5.74, 6) is 0.786. The molecule has 2 fully saturated rings. The molecule has 0 aromatic heterocycles. The van der Waals surface area contributed by atoms with E-state index in [2.05, 4.69) is 21.6 Å². The topological polar surface area (TPSA) is 64.6 Å². The van der Waals surface area contributed by atoms with Gasteiger partial charge in [-0.1, -0.05) is 12.1 Å². The number of hydrogen-bond acceptors (Lipinski definition) is 4. The Morgan fingerprint density at radius 1 is 1.17 bits per heavy atom. The Kier molecular flexibility index (Phi) is 6.10. The molecular weight excluding hydrogens is 302 g/mol. The Bertz CT molecular complexity index is 535. The molecule has 2 aliphatic rings. The van der Waals surface area contributed by atoms with Crippen LogP contribution in [0.4, 0.5) is 11.4 Å². The lowest BCUT2D eigenvalue weighted by Gasteiger charge is -2.32. The SMILES string of the molecule is O=C(CCC1CCNCC1)Nc1ccccc1N1CCC(O)CC1. The number of carbonyl (C=O) groups is 1. The number of nitrogens with zero attached hydrogens (tertiary/aromatic N) is 1. The van der Waals surface area contributed by atoms with E-state index in [1.165, 1.54) is 12.8 Å². The van der Waals surface area contributed by atoms with E-state index in [4.69, 9.17) is 0 Å². The van der Waals surface area contributed by atoms with Crippen molar-refractivity contribution in [3.05, 3.63) is 24.3 Å². The van der Waals surface area contributed by atoms with E-state index in [9.17, 15) is 9.90 Å². The number of amides is 1. The molecule has 0 spiro atoms. The van der Waals surface area contributed by atoms with Gasteiger partial charge >= 0.3 is 0 Å². The van der Waals surface area contributed by atoms with E-state index in [-0.39, 0.29) is 12.0 Å². The molecule has 5 nitrogen and oxygen atoms in total. The molecule has 0 radical (unpaired) electrons. The van der Waals surface area contributed by atoms with Crippen LogP contribution in [0.15, 0.2) is 24.3 Å². The summed E-state index contributed by atoms with van der Waals surface area (Å²) in [6.07, 6.45) is 5.33. The summed E-state index contributed by atoms with van der Waals surface area (Å²) in [5.41, 5.74) is 1.96. The lowest BCUT2D eigenvalue weighted by atomic mass is 9.93. The van der Waals surface area contributed by atoms with Gasteiger partial charge in [-0.15, -0.1) is 0 Å². The Hall–Kier alpha value is -1.59. The first-order valence-corrected chi connectivity index (χ1v) is 9.25. The van der Waals surface area contributed by atoms with Crippen molar-refractivity contribution in [2.45, 2.75) is 44.6 Å². The van der Waals surface area contributed by atoms with E-state index in [1.807, 2.05) is 18.2 Å². The molecule has 132 valence electrons. The summed E-state index contributed by atoms with van der Waals surface area (Å²) in [4.78, 5) is 14.6. The van der Waals surface area contributed by atoms with Crippen molar-refractivity contribution in [2.75, 3.05) is 36.4 Å². The van der Waals surface area contributed by atoms with Gasteiger partial charge in [-0.25, -0.2) is 0 Å². The molecule has 24 heavy (non-hydrogen) atoms. The van der Waals surface area contributed by atoms with Crippen molar-refractivity contribution in [3.8, 4) is 0 Å². The van der Waals surface area contributed by atoms with Gasteiger partial charge in [-0.3, -0.25) is 4.79 Å². The Balaban J connectivity index is 1.55. The van der Waals surface area contributed by atoms with Crippen LogP contribution in [-0.4, -0.2) is 43.3 Å². The highest BCUT2D eigenvalue weighted by molar-refractivity contribution is 5.94. The third-order valence-corrected chi connectivity index (χ3v) is 5.22. The van der Waals surface area contributed by atoms with Gasteiger partial charge in [0.05, 0.1) is 17.5 Å². The standard InChI is InChI=1S/C19H29N3O2/c23-16-9-13-22(14-10-16)18-4-2-1-3-17(18)21-19(24)6-5-15-7-11-20-12-8-15/h1-4,15-16,20,23H,5-14H2,(H,21,24). The fourth-order valence-corrected chi connectivity index (χ4v) is 3.68. The molecule has 2 heterocycles. The van der Waals surface area contributed by atoms with E-state index in [0.29, 0.717) is 12.3 Å². The maximum absolute atomic E-state index is 12.4. The van der Waals surface area contributed by atoms with Crippen molar-refractivity contribution in [3.63, 3.8) is 0 Å². The molecule has 0 bridgehead atoms. The highest BCUT2D eigenvalue weighted by atomic mass is 16.3. The van der Waals surface area contributed by atoms with E-state index in [0.717, 1.165) is 56.8 Å². The Labute approximate surface area is 144 Å². The summed E-state index contributed by atoms with van der Waals surface area (Å²) in [7, 11) is 0. The number of nitrogens with one attached hydrogen (secondary N) is 2. The third-order valence-electron chi connectivity index (χ3n) is 5.22. The van der Waals surface area contributed by atoms with Crippen LogP contribution in [0.1, 0.15) is 38.5 Å². The highest BCUT2D eigenvalue weighted by Crippen LogP contribution is 2.28. The zero-order valence-electron chi connectivity index (χ0n) is 14.3. The zero-order chi connectivity index (χ0) is 16.8. The van der Waals surface area contributed by atoms with Gasteiger partial charge < -0.3 is 20.6 Å². The van der Waals surface area contributed by atoms with Crippen molar-refractivity contribution < 1.29 is 9.90 Å². The summed E-state index contributed by atoms with van der Waals surface area (Å²) in [6.45, 7) is 3.83. The minimum atomic E-state index is -0.187. The molecule has 0 saturated carbocycles. The number of aliphatic hydroxyl groups is 1. The van der Waals surface area contributed by atoms with Crippen LogP contribution in [0.5, 0.6) is 0 Å². The van der Waals surface area contributed by atoms with E-state index < -0.39 is 0 Å². The number of piperidine rings is 2. The Morgan fingerprint density at radius 3 is 2.62 bits per heavy atom. The number of hydrogen-bond donors (Lipinski definition) is 3. The molecule has 1 amide bonds. The summed E-state index contributed by atoms with van der Waals surface area (Å²) in [6, 6.07) is 8.00. The average Bonchev–Trinajstić information content (AvgIpc) is 2.62. The molecule has 1 aromatic carbocycles. The first-order chi connectivity index (χ1) is 11.7. The van der Waals surface area contributed by atoms with Crippen LogP contribution >= 0.6 is 0 Å². The second-order valence-corrected chi connectivity index (χ2v) is 7.02. The fraction of sp³-hybridized carbons (Fsp3) is 0.632. The number of aliphatic hydroxyl groups excluding tert-OH is 1. The number of anilines is 2. The van der Waals surface area contributed by atoms with Gasteiger partial charge in [0.1, 0.15) is 0 Å². The molecule has 2 saturated heterocycles. The summed E-state index contributed by atoms with van der Waals surface area (Å²) < 4.78 is 0. The van der Waals surface area contributed by atoms with Crippen LogP contribution in [0.2, 0.25) is 0 Å². The molecule has 1 aromatic rings. The molecule has 0 atom stereocenters. The minimum Gasteiger partial charge on any atom is -0.393 e. The van der Waals surface area contributed by atoms with Gasteiger partial charge in [0, 0.05) is 19.5 Å². The van der Waals surface area contributed by atoms with Crippen LogP contribution in [0.3, 0.4) is 0 Å². The third kappa shape index (κ3) is 4.71. The number of carbonyl (C=O) groups excluding carboxylic acids is 1. The second-order valence-electron chi connectivity index (χ2n) is 7.02. The first kappa shape index (κ1) is 17.2. The summed E-state index contributed by atoms with van der Waals surface area (Å²) in [5, 5.41) is 16.1. The van der Waals surface area contributed by atoms with Gasteiger partial charge in [-0.05, 0) is 63.2 Å². The predicted octanol–water partition coefficient (Wildman–Crippen LogP) is 2.37. The van der Waals surface area contributed by atoms with Crippen LogP contribution in [0, 0.1) is 5.92 Å². The zero-order valence-corrected chi connectivity index (χ0v) is 14.3. The minimum absolute atomic E-state index is 0.109. The van der Waals surface area contributed by atoms with Gasteiger partial charge in [0.15, 0.2) is 0 Å².